The van der Waals surface area contributed by atoms with Gasteiger partial charge in [-0.15, -0.1) is 0 Å². The van der Waals surface area contributed by atoms with Gasteiger partial charge in [-0.1, -0.05) is 30.0 Å². The molecule has 0 saturated carbocycles. The molecule has 0 unspecified atom stereocenters. The van der Waals surface area contributed by atoms with E-state index in [4.69, 9.17) is 14.1 Å². The molecule has 1 aromatic carbocycles. The van der Waals surface area contributed by atoms with E-state index >= 15 is 0 Å². The number of pyridine rings is 1. The number of rotatable bonds is 5. The lowest BCUT2D eigenvalue weighted by atomic mass is 10.0. The molecule has 130 valence electrons. The maximum Gasteiger partial charge on any atom is 0.340 e. The number of hydrogen-bond donors (Lipinski definition) is 0. The number of carbonyl (C=O) groups is 1. The number of para-hydroxylation sites is 1. The molecule has 0 radical (unpaired) electrons. The van der Waals surface area contributed by atoms with Gasteiger partial charge in [0.25, 0.3) is 5.22 Å². The molecule has 0 atom stereocenters. The number of esters is 1. The molecule has 0 aliphatic heterocycles. The lowest BCUT2D eigenvalue weighted by Crippen LogP contribution is -2.12. The fourth-order valence-corrected chi connectivity index (χ4v) is 3.51. The molecule has 3 aromatic rings. The minimum absolute atomic E-state index is 0.329. The molecule has 0 saturated heterocycles. The van der Waals surface area contributed by atoms with Gasteiger partial charge in [0.05, 0.1) is 29.1 Å². The fraction of sp³-hybridized carbons (Fsp3) is 0.316. The zero-order valence-electron chi connectivity index (χ0n) is 14.8. The zero-order chi connectivity index (χ0) is 18.0. The van der Waals surface area contributed by atoms with E-state index < -0.39 is 0 Å². The van der Waals surface area contributed by atoms with Gasteiger partial charge in [0, 0.05) is 11.1 Å². The maximum atomic E-state index is 12.5. The van der Waals surface area contributed by atoms with Gasteiger partial charge >= 0.3 is 5.97 Å². The van der Waals surface area contributed by atoms with E-state index in [9.17, 15) is 4.79 Å². The third-order valence-electron chi connectivity index (χ3n) is 4.05. The van der Waals surface area contributed by atoms with Gasteiger partial charge in [0.15, 0.2) is 0 Å². The van der Waals surface area contributed by atoms with Crippen LogP contribution in [0.4, 0.5) is 0 Å². The smallest absolute Gasteiger partial charge is 0.340 e. The van der Waals surface area contributed by atoms with Crippen LogP contribution in [0.1, 0.15) is 40.0 Å². The predicted octanol–water partition coefficient (Wildman–Crippen LogP) is 4.62. The first-order chi connectivity index (χ1) is 12.0. The van der Waals surface area contributed by atoms with E-state index in [0.717, 1.165) is 27.9 Å². The zero-order valence-corrected chi connectivity index (χ0v) is 15.6. The van der Waals surface area contributed by atoms with Crippen molar-refractivity contribution in [2.24, 2.45) is 0 Å². The van der Waals surface area contributed by atoms with Crippen LogP contribution in [0.25, 0.3) is 10.9 Å². The SMILES string of the molecule is CCOC(=O)c1c(CSc2nc(C)c(C)o2)nc2ccccc2c1C. The van der Waals surface area contributed by atoms with Gasteiger partial charge in [0.2, 0.25) is 0 Å². The quantitative estimate of drug-likeness (QED) is 0.491. The first-order valence-corrected chi connectivity index (χ1v) is 9.12. The molecule has 0 fully saturated rings. The Morgan fingerprint density at radius 1 is 1.20 bits per heavy atom. The van der Waals surface area contributed by atoms with Gasteiger partial charge in [-0.3, -0.25) is 4.98 Å². The van der Waals surface area contributed by atoms with Crippen LogP contribution in [0.2, 0.25) is 0 Å². The number of nitrogens with zero attached hydrogens (tertiary/aromatic N) is 2. The summed E-state index contributed by atoms with van der Waals surface area (Å²) in [5, 5.41) is 1.54. The highest BCUT2D eigenvalue weighted by atomic mass is 32.2. The first kappa shape index (κ1) is 17.5. The molecule has 3 rings (SSSR count). The molecule has 2 heterocycles. The summed E-state index contributed by atoms with van der Waals surface area (Å²) in [7, 11) is 0. The van der Waals surface area contributed by atoms with Gasteiger partial charge in [-0.05, 0) is 39.3 Å². The van der Waals surface area contributed by atoms with Crippen molar-refractivity contribution in [2.75, 3.05) is 6.61 Å². The number of aryl methyl sites for hydroxylation is 3. The Morgan fingerprint density at radius 2 is 1.96 bits per heavy atom. The predicted molar refractivity (Wildman–Crippen MR) is 98.0 cm³/mol. The second-order valence-corrected chi connectivity index (χ2v) is 6.63. The minimum Gasteiger partial charge on any atom is -0.462 e. The average molecular weight is 356 g/mol. The van der Waals surface area contributed by atoms with Crippen molar-refractivity contribution >= 4 is 28.6 Å². The number of fused-ring (bicyclic) bond motifs is 1. The highest BCUT2D eigenvalue weighted by molar-refractivity contribution is 7.98. The normalized spacial score (nSPS) is 11.0. The summed E-state index contributed by atoms with van der Waals surface area (Å²) < 4.78 is 10.9. The van der Waals surface area contributed by atoms with E-state index in [2.05, 4.69) is 4.98 Å². The van der Waals surface area contributed by atoms with E-state index in [0.29, 0.717) is 28.8 Å². The third kappa shape index (κ3) is 3.54. The van der Waals surface area contributed by atoms with Crippen LogP contribution in [0.5, 0.6) is 0 Å². The summed E-state index contributed by atoms with van der Waals surface area (Å²) in [4.78, 5) is 21.6. The highest BCUT2D eigenvalue weighted by Crippen LogP contribution is 2.29. The average Bonchev–Trinajstić information content (AvgIpc) is 2.91. The number of aromatic nitrogens is 2. The van der Waals surface area contributed by atoms with E-state index in [1.54, 1.807) is 6.92 Å². The number of hydrogen-bond acceptors (Lipinski definition) is 6. The topological polar surface area (TPSA) is 65.2 Å². The number of oxazole rings is 1. The summed E-state index contributed by atoms with van der Waals surface area (Å²) in [6.45, 7) is 7.86. The minimum atomic E-state index is -0.339. The van der Waals surface area contributed by atoms with Gasteiger partial charge < -0.3 is 9.15 Å². The van der Waals surface area contributed by atoms with Crippen LogP contribution in [0.15, 0.2) is 33.9 Å². The molecular formula is C19H20N2O3S. The summed E-state index contributed by atoms with van der Waals surface area (Å²) in [6, 6.07) is 7.80. The highest BCUT2D eigenvalue weighted by Gasteiger charge is 2.20. The Morgan fingerprint density at radius 3 is 2.64 bits per heavy atom. The maximum absolute atomic E-state index is 12.5. The van der Waals surface area contributed by atoms with E-state index in [-0.39, 0.29) is 5.97 Å². The lowest BCUT2D eigenvalue weighted by Gasteiger charge is -2.13. The van der Waals surface area contributed by atoms with Gasteiger partial charge in [0.1, 0.15) is 5.76 Å². The first-order valence-electron chi connectivity index (χ1n) is 8.13. The molecule has 2 aromatic heterocycles. The van der Waals surface area contributed by atoms with Crippen molar-refractivity contribution in [3.63, 3.8) is 0 Å². The Balaban J connectivity index is 2.01. The van der Waals surface area contributed by atoms with Gasteiger partial charge in [-0.25, -0.2) is 9.78 Å². The van der Waals surface area contributed by atoms with Crippen molar-refractivity contribution in [2.45, 2.75) is 38.7 Å². The number of carbonyl (C=O) groups excluding carboxylic acids is 1. The molecule has 0 bridgehead atoms. The monoisotopic (exact) mass is 356 g/mol. The fourth-order valence-electron chi connectivity index (χ4n) is 2.65. The summed E-state index contributed by atoms with van der Waals surface area (Å²) in [5.41, 5.74) is 3.85. The van der Waals surface area contributed by atoms with Crippen molar-refractivity contribution in [3.8, 4) is 0 Å². The Hall–Kier alpha value is -2.34. The van der Waals surface area contributed by atoms with Gasteiger partial charge in [-0.2, -0.15) is 0 Å². The Kier molecular flexibility index (Phi) is 5.08. The summed E-state index contributed by atoms with van der Waals surface area (Å²) in [5.74, 6) is 0.948. The van der Waals surface area contributed by atoms with Crippen molar-refractivity contribution in [3.05, 3.63) is 52.5 Å². The van der Waals surface area contributed by atoms with Crippen LogP contribution in [-0.2, 0) is 10.5 Å². The van der Waals surface area contributed by atoms with Crippen molar-refractivity contribution in [1.29, 1.82) is 0 Å². The molecule has 6 heteroatoms. The number of ether oxygens (including phenoxy) is 1. The number of thioether (sulfide) groups is 1. The van der Waals surface area contributed by atoms with E-state index in [1.165, 1.54) is 11.8 Å². The second-order valence-electron chi connectivity index (χ2n) is 5.71. The summed E-state index contributed by atoms with van der Waals surface area (Å²) in [6.07, 6.45) is 0. The lowest BCUT2D eigenvalue weighted by molar-refractivity contribution is 0.0524. The molecule has 0 amide bonds. The molecule has 0 aliphatic carbocycles. The number of benzene rings is 1. The third-order valence-corrected chi connectivity index (χ3v) is 4.89. The molecule has 5 nitrogen and oxygen atoms in total. The van der Waals surface area contributed by atoms with Crippen LogP contribution in [0, 0.1) is 20.8 Å². The Labute approximate surface area is 150 Å². The van der Waals surface area contributed by atoms with Crippen LogP contribution in [-0.4, -0.2) is 22.5 Å². The standard InChI is InChI=1S/C19H20N2O3S/c1-5-23-18(22)17-11(2)14-8-6-7-9-15(14)21-16(17)10-25-19-20-12(3)13(4)24-19/h6-9H,5,10H2,1-4H3. The summed E-state index contributed by atoms with van der Waals surface area (Å²) >= 11 is 1.43. The largest absolute Gasteiger partial charge is 0.462 e. The van der Waals surface area contributed by atoms with Crippen LogP contribution >= 0.6 is 11.8 Å². The molecular weight excluding hydrogens is 336 g/mol. The molecule has 25 heavy (non-hydrogen) atoms. The van der Waals surface area contributed by atoms with Crippen LogP contribution in [0.3, 0.4) is 0 Å². The molecule has 0 aliphatic rings. The Bertz CT molecular complexity index is 914. The van der Waals surface area contributed by atoms with E-state index in [1.807, 2.05) is 45.0 Å². The van der Waals surface area contributed by atoms with Crippen molar-refractivity contribution < 1.29 is 13.9 Å². The second kappa shape index (κ2) is 7.27. The van der Waals surface area contributed by atoms with Crippen LogP contribution < -0.4 is 0 Å². The molecule has 0 N–H and O–H groups in total. The molecule has 0 spiro atoms. The van der Waals surface area contributed by atoms with Crippen molar-refractivity contribution in [1.82, 2.24) is 9.97 Å².